The van der Waals surface area contributed by atoms with Crippen LogP contribution in [0.4, 0.5) is 5.69 Å². The van der Waals surface area contributed by atoms with Gasteiger partial charge in [-0.2, -0.15) is 11.8 Å². The van der Waals surface area contributed by atoms with E-state index in [-0.39, 0.29) is 16.7 Å². The van der Waals surface area contributed by atoms with Gasteiger partial charge in [0, 0.05) is 18.2 Å². The number of phenols is 1. The molecule has 1 fully saturated rings. The van der Waals surface area contributed by atoms with Gasteiger partial charge in [0.05, 0.1) is 5.02 Å². The topological polar surface area (TPSA) is 49.3 Å². The van der Waals surface area contributed by atoms with Crippen molar-refractivity contribution >= 4 is 35.0 Å². The molecule has 0 aromatic heterocycles. The number of hydrogen-bond donors (Lipinski definition) is 2. The van der Waals surface area contributed by atoms with Crippen molar-refractivity contribution < 1.29 is 9.90 Å². The maximum absolute atomic E-state index is 11.8. The monoisotopic (exact) mass is 285 g/mol. The lowest BCUT2D eigenvalue weighted by molar-refractivity contribution is -0.117. The van der Waals surface area contributed by atoms with Gasteiger partial charge in [0.1, 0.15) is 5.75 Å². The van der Waals surface area contributed by atoms with Crippen molar-refractivity contribution in [2.45, 2.75) is 19.3 Å². The van der Waals surface area contributed by atoms with Crippen LogP contribution in [0.3, 0.4) is 0 Å². The molecule has 1 heterocycles. The van der Waals surface area contributed by atoms with E-state index < -0.39 is 0 Å². The first kappa shape index (κ1) is 13.6. The minimum atomic E-state index is -0.0106. The highest BCUT2D eigenvalue weighted by Crippen LogP contribution is 2.28. The molecule has 1 saturated heterocycles. The minimum absolute atomic E-state index is 0.00798. The van der Waals surface area contributed by atoms with Gasteiger partial charge in [-0.05, 0) is 42.4 Å². The quantitative estimate of drug-likeness (QED) is 0.893. The zero-order valence-corrected chi connectivity index (χ0v) is 11.6. The fourth-order valence-corrected chi connectivity index (χ4v) is 3.34. The van der Waals surface area contributed by atoms with Crippen molar-refractivity contribution in [2.75, 3.05) is 16.8 Å². The first-order chi connectivity index (χ1) is 8.65. The Labute approximate surface area is 116 Å². The molecule has 0 saturated carbocycles. The molecule has 98 valence electrons. The number of nitrogens with one attached hydrogen (secondary N) is 1. The summed E-state index contributed by atoms with van der Waals surface area (Å²) in [7, 11) is 0. The van der Waals surface area contributed by atoms with Crippen LogP contribution in [-0.2, 0) is 4.79 Å². The number of aromatic hydroxyl groups is 1. The summed E-state index contributed by atoms with van der Waals surface area (Å²) in [6.07, 6.45) is 2.79. The summed E-state index contributed by atoms with van der Waals surface area (Å²) in [5, 5.41) is 12.5. The molecule has 5 heteroatoms. The average molecular weight is 286 g/mol. The molecule has 0 spiro atoms. The zero-order chi connectivity index (χ0) is 13.0. The molecule has 0 unspecified atom stereocenters. The van der Waals surface area contributed by atoms with Gasteiger partial charge in [-0.15, -0.1) is 0 Å². The molecule has 1 aromatic carbocycles. The van der Waals surface area contributed by atoms with Crippen LogP contribution in [0.25, 0.3) is 0 Å². The van der Waals surface area contributed by atoms with Crippen LogP contribution >= 0.6 is 23.4 Å². The summed E-state index contributed by atoms with van der Waals surface area (Å²) >= 11 is 7.66. The van der Waals surface area contributed by atoms with Crippen molar-refractivity contribution in [1.29, 1.82) is 0 Å². The molecule has 0 bridgehead atoms. The Bertz CT molecular complexity index is 433. The predicted molar refractivity (Wildman–Crippen MR) is 76.4 cm³/mol. The summed E-state index contributed by atoms with van der Waals surface area (Å²) in [5.74, 6) is 2.80. The van der Waals surface area contributed by atoms with Gasteiger partial charge in [-0.1, -0.05) is 11.6 Å². The second kappa shape index (κ2) is 6.34. The lowest BCUT2D eigenvalue weighted by Gasteiger charge is -2.20. The number of thioether (sulfide) groups is 1. The molecular weight excluding hydrogens is 270 g/mol. The van der Waals surface area contributed by atoms with E-state index in [0.717, 1.165) is 24.3 Å². The number of hydrogen-bond acceptors (Lipinski definition) is 3. The van der Waals surface area contributed by atoms with Crippen LogP contribution in [0.1, 0.15) is 19.3 Å². The minimum Gasteiger partial charge on any atom is -0.506 e. The Morgan fingerprint density at radius 1 is 1.44 bits per heavy atom. The number of rotatable bonds is 3. The average Bonchev–Trinajstić information content (AvgIpc) is 2.35. The number of amides is 1. The van der Waals surface area contributed by atoms with Gasteiger partial charge >= 0.3 is 0 Å². The van der Waals surface area contributed by atoms with E-state index in [1.807, 2.05) is 11.8 Å². The van der Waals surface area contributed by atoms with Crippen molar-refractivity contribution in [3.63, 3.8) is 0 Å². The van der Waals surface area contributed by atoms with Gasteiger partial charge in [0.2, 0.25) is 5.91 Å². The largest absolute Gasteiger partial charge is 0.506 e. The van der Waals surface area contributed by atoms with E-state index >= 15 is 0 Å². The Morgan fingerprint density at radius 2 is 2.17 bits per heavy atom. The first-order valence-corrected chi connectivity index (χ1v) is 7.54. The Hall–Kier alpha value is -0.870. The number of carbonyl (C=O) groups is 1. The van der Waals surface area contributed by atoms with Crippen LogP contribution in [0.5, 0.6) is 5.75 Å². The highest BCUT2D eigenvalue weighted by Gasteiger charge is 2.17. The van der Waals surface area contributed by atoms with Gasteiger partial charge in [-0.3, -0.25) is 4.79 Å². The van der Waals surface area contributed by atoms with E-state index in [1.165, 1.54) is 6.07 Å². The van der Waals surface area contributed by atoms with Gasteiger partial charge in [0.25, 0.3) is 0 Å². The van der Waals surface area contributed by atoms with Crippen molar-refractivity contribution in [3.8, 4) is 5.75 Å². The van der Waals surface area contributed by atoms with E-state index in [2.05, 4.69) is 5.32 Å². The number of benzene rings is 1. The fraction of sp³-hybridized carbons (Fsp3) is 0.462. The van der Waals surface area contributed by atoms with Gasteiger partial charge in [0.15, 0.2) is 0 Å². The van der Waals surface area contributed by atoms with E-state index in [4.69, 9.17) is 11.6 Å². The van der Waals surface area contributed by atoms with Crippen molar-refractivity contribution in [2.24, 2.45) is 5.92 Å². The summed E-state index contributed by atoms with van der Waals surface area (Å²) in [4.78, 5) is 11.8. The number of phenolic OH excluding ortho intramolecular Hbond substituents is 1. The van der Waals surface area contributed by atoms with E-state index in [0.29, 0.717) is 18.0 Å². The molecule has 2 N–H and O–H groups in total. The predicted octanol–water partition coefficient (Wildman–Crippen LogP) is 3.52. The highest BCUT2D eigenvalue weighted by atomic mass is 35.5. The SMILES string of the molecule is O=C(CC1CCSCC1)Nc1ccc(Cl)c(O)c1. The normalized spacial score (nSPS) is 16.5. The second-order valence-corrected chi connectivity index (χ2v) is 6.11. The molecule has 3 nitrogen and oxygen atoms in total. The maximum Gasteiger partial charge on any atom is 0.224 e. The summed E-state index contributed by atoms with van der Waals surface area (Å²) in [6, 6.07) is 4.73. The third kappa shape index (κ3) is 3.82. The molecule has 1 amide bonds. The molecule has 1 aromatic rings. The van der Waals surface area contributed by atoms with E-state index in [1.54, 1.807) is 12.1 Å². The number of carbonyl (C=O) groups excluding carboxylic acids is 1. The molecule has 18 heavy (non-hydrogen) atoms. The van der Waals surface area contributed by atoms with Crippen LogP contribution < -0.4 is 5.32 Å². The molecule has 0 aliphatic carbocycles. The Morgan fingerprint density at radius 3 is 2.83 bits per heavy atom. The third-order valence-electron chi connectivity index (χ3n) is 3.04. The van der Waals surface area contributed by atoms with Gasteiger partial charge < -0.3 is 10.4 Å². The first-order valence-electron chi connectivity index (χ1n) is 6.01. The number of anilines is 1. The zero-order valence-electron chi connectivity index (χ0n) is 9.99. The summed E-state index contributed by atoms with van der Waals surface area (Å²) in [6.45, 7) is 0. The standard InChI is InChI=1S/C13H16ClNO2S/c14-11-2-1-10(8-12(11)16)15-13(17)7-9-3-5-18-6-4-9/h1-2,8-9,16H,3-7H2,(H,15,17). The fourth-order valence-electron chi connectivity index (χ4n) is 2.02. The van der Waals surface area contributed by atoms with E-state index in [9.17, 15) is 9.90 Å². The second-order valence-electron chi connectivity index (χ2n) is 4.47. The maximum atomic E-state index is 11.8. The Kier molecular flexibility index (Phi) is 4.78. The molecule has 2 rings (SSSR count). The highest BCUT2D eigenvalue weighted by molar-refractivity contribution is 7.99. The molecule has 0 atom stereocenters. The van der Waals surface area contributed by atoms with Crippen molar-refractivity contribution in [3.05, 3.63) is 23.2 Å². The summed E-state index contributed by atoms with van der Waals surface area (Å²) < 4.78 is 0. The van der Waals surface area contributed by atoms with Crippen LogP contribution in [0.2, 0.25) is 5.02 Å². The van der Waals surface area contributed by atoms with Crippen molar-refractivity contribution in [1.82, 2.24) is 0 Å². The molecule has 0 radical (unpaired) electrons. The Balaban J connectivity index is 1.88. The number of halogens is 1. The van der Waals surface area contributed by atoms with Crippen LogP contribution in [0, 0.1) is 5.92 Å². The lowest BCUT2D eigenvalue weighted by atomic mass is 9.98. The molecule has 1 aliphatic heterocycles. The smallest absolute Gasteiger partial charge is 0.224 e. The van der Waals surface area contributed by atoms with Crippen LogP contribution in [0.15, 0.2) is 18.2 Å². The van der Waals surface area contributed by atoms with Gasteiger partial charge in [-0.25, -0.2) is 0 Å². The lowest BCUT2D eigenvalue weighted by Crippen LogP contribution is -2.19. The third-order valence-corrected chi connectivity index (χ3v) is 4.41. The van der Waals surface area contributed by atoms with Crippen LogP contribution in [-0.4, -0.2) is 22.5 Å². The summed E-state index contributed by atoms with van der Waals surface area (Å²) in [5.41, 5.74) is 0.590. The molecular formula is C13H16ClNO2S. The molecule has 1 aliphatic rings.